The van der Waals surface area contributed by atoms with Crippen LogP contribution in [0, 0.1) is 28.6 Å². The molecule has 3 fully saturated rings. The molecule has 0 aromatic heterocycles. The van der Waals surface area contributed by atoms with Gasteiger partial charge >= 0.3 is 5.97 Å². The minimum Gasteiger partial charge on any atom is -0.497 e. The van der Waals surface area contributed by atoms with Gasteiger partial charge in [-0.15, -0.1) is 0 Å². The number of benzene rings is 1. The number of hydrogen-bond acceptors (Lipinski definition) is 4. The Balaban J connectivity index is 1.35. The van der Waals surface area contributed by atoms with Gasteiger partial charge in [0.2, 0.25) is 0 Å². The first-order valence-corrected chi connectivity index (χ1v) is 11.9. The third kappa shape index (κ3) is 3.25. The largest absolute Gasteiger partial charge is 0.497 e. The van der Waals surface area contributed by atoms with E-state index in [2.05, 4.69) is 13.8 Å². The Morgan fingerprint density at radius 2 is 1.87 bits per heavy atom. The van der Waals surface area contributed by atoms with Gasteiger partial charge in [-0.3, -0.25) is 4.79 Å². The lowest BCUT2D eigenvalue weighted by atomic mass is 9.47. The van der Waals surface area contributed by atoms with Crippen molar-refractivity contribution in [3.05, 3.63) is 41.5 Å². The molecule has 0 radical (unpaired) electrons. The first-order chi connectivity index (χ1) is 14.8. The minimum absolute atomic E-state index is 0.0187. The number of carbonyl (C=O) groups is 2. The van der Waals surface area contributed by atoms with E-state index >= 15 is 0 Å². The van der Waals surface area contributed by atoms with Crippen LogP contribution in [-0.2, 0) is 9.53 Å². The summed E-state index contributed by atoms with van der Waals surface area (Å²) in [5.41, 5.74) is 2.21. The maximum Gasteiger partial charge on any atom is 0.338 e. The number of fused-ring (bicyclic) bond motifs is 5. The predicted molar refractivity (Wildman–Crippen MR) is 119 cm³/mol. The second kappa shape index (κ2) is 7.50. The van der Waals surface area contributed by atoms with Crippen molar-refractivity contribution in [2.24, 2.45) is 28.6 Å². The maximum atomic E-state index is 12.9. The Morgan fingerprint density at radius 3 is 2.68 bits per heavy atom. The van der Waals surface area contributed by atoms with E-state index < -0.39 is 0 Å². The standard InChI is InChI=1S/C27H34O4/c1-26-13-11-19(28)16-18(26)7-8-21-22-9-10-24(27(22,2)14-12-23(21)26)31-25(29)17-5-4-6-20(15-17)30-3/h4-6,15-16,21-24H,7-14H2,1-3H3/t21-,22-,23-,24-,26-,27-/m0/s1. The summed E-state index contributed by atoms with van der Waals surface area (Å²) in [7, 11) is 1.61. The molecule has 4 nitrogen and oxygen atoms in total. The molecule has 0 amide bonds. The summed E-state index contributed by atoms with van der Waals surface area (Å²) in [6, 6.07) is 7.24. The van der Waals surface area contributed by atoms with Gasteiger partial charge in [-0.05, 0) is 92.4 Å². The topological polar surface area (TPSA) is 52.6 Å². The third-order valence-electron chi connectivity index (χ3n) is 9.43. The molecule has 0 unspecified atom stereocenters. The molecule has 31 heavy (non-hydrogen) atoms. The highest BCUT2D eigenvalue weighted by atomic mass is 16.5. The zero-order chi connectivity index (χ0) is 21.8. The summed E-state index contributed by atoms with van der Waals surface area (Å²) >= 11 is 0. The highest BCUT2D eigenvalue weighted by Crippen LogP contribution is 2.65. The Hall–Kier alpha value is -2.10. The van der Waals surface area contributed by atoms with Crippen LogP contribution in [0.3, 0.4) is 0 Å². The van der Waals surface area contributed by atoms with Gasteiger partial charge in [0, 0.05) is 11.8 Å². The zero-order valence-corrected chi connectivity index (χ0v) is 19.0. The first kappa shape index (κ1) is 20.8. The minimum atomic E-state index is -0.237. The van der Waals surface area contributed by atoms with E-state index in [4.69, 9.17) is 9.47 Å². The second-order valence-electron chi connectivity index (χ2n) is 10.7. The molecule has 0 spiro atoms. The van der Waals surface area contributed by atoms with Crippen molar-refractivity contribution in [1.29, 1.82) is 0 Å². The average Bonchev–Trinajstić information content (AvgIpc) is 3.10. The SMILES string of the molecule is COc1cccc(C(=O)O[C@H]2CC[C@H]3[C@@H]4CCC5=CC(=O)CC[C@]5(C)[C@H]4CC[C@]23C)c1. The maximum absolute atomic E-state index is 12.9. The number of esters is 1. The van der Waals surface area contributed by atoms with Crippen molar-refractivity contribution in [1.82, 2.24) is 0 Å². The first-order valence-electron chi connectivity index (χ1n) is 11.9. The molecular formula is C27H34O4. The fourth-order valence-corrected chi connectivity index (χ4v) is 7.65. The summed E-state index contributed by atoms with van der Waals surface area (Å²) in [6.07, 6.45) is 10.3. The Morgan fingerprint density at radius 1 is 1.03 bits per heavy atom. The number of methoxy groups -OCH3 is 1. The smallest absolute Gasteiger partial charge is 0.338 e. The average molecular weight is 423 g/mol. The quantitative estimate of drug-likeness (QED) is 0.582. The monoisotopic (exact) mass is 422 g/mol. The molecule has 3 saturated carbocycles. The van der Waals surface area contributed by atoms with Gasteiger partial charge in [-0.25, -0.2) is 4.79 Å². The lowest BCUT2D eigenvalue weighted by Crippen LogP contribution is -2.51. The molecule has 4 aliphatic rings. The summed E-state index contributed by atoms with van der Waals surface area (Å²) in [6.45, 7) is 4.78. The fourth-order valence-electron chi connectivity index (χ4n) is 7.65. The van der Waals surface area contributed by atoms with Gasteiger partial charge in [0.25, 0.3) is 0 Å². The van der Waals surface area contributed by atoms with Gasteiger partial charge in [0.15, 0.2) is 5.78 Å². The summed E-state index contributed by atoms with van der Waals surface area (Å²) < 4.78 is 11.4. The number of carbonyl (C=O) groups excluding carboxylic acids is 2. The molecule has 4 heteroatoms. The van der Waals surface area contributed by atoms with E-state index in [1.165, 1.54) is 18.4 Å². The van der Waals surface area contributed by atoms with E-state index in [9.17, 15) is 9.59 Å². The van der Waals surface area contributed by atoms with Crippen molar-refractivity contribution in [2.75, 3.05) is 7.11 Å². The van der Waals surface area contributed by atoms with Crippen LogP contribution in [0.15, 0.2) is 35.9 Å². The van der Waals surface area contributed by atoms with Gasteiger partial charge in [0.05, 0.1) is 12.7 Å². The van der Waals surface area contributed by atoms with Crippen LogP contribution < -0.4 is 4.74 Å². The van der Waals surface area contributed by atoms with E-state index in [0.29, 0.717) is 41.3 Å². The van der Waals surface area contributed by atoms with Crippen molar-refractivity contribution in [3.8, 4) is 5.75 Å². The van der Waals surface area contributed by atoms with Gasteiger partial charge < -0.3 is 9.47 Å². The van der Waals surface area contributed by atoms with Crippen molar-refractivity contribution >= 4 is 11.8 Å². The molecule has 1 aromatic rings. The lowest BCUT2D eigenvalue weighted by Gasteiger charge is -2.57. The van der Waals surface area contributed by atoms with Gasteiger partial charge in [0.1, 0.15) is 11.9 Å². The van der Waals surface area contributed by atoms with Crippen LogP contribution in [0.5, 0.6) is 5.75 Å². The van der Waals surface area contributed by atoms with Crippen molar-refractivity contribution < 1.29 is 19.1 Å². The lowest BCUT2D eigenvalue weighted by molar-refractivity contribution is -0.118. The number of hydrogen-bond donors (Lipinski definition) is 0. The molecule has 0 N–H and O–H groups in total. The number of ketones is 1. The molecular weight excluding hydrogens is 388 g/mol. The highest BCUT2D eigenvalue weighted by Gasteiger charge is 2.60. The van der Waals surface area contributed by atoms with Gasteiger partial charge in [-0.1, -0.05) is 25.5 Å². The third-order valence-corrected chi connectivity index (χ3v) is 9.43. The van der Waals surface area contributed by atoms with Crippen LogP contribution in [0.25, 0.3) is 0 Å². The number of rotatable bonds is 3. The Bertz CT molecular complexity index is 933. The fraction of sp³-hybridized carbons (Fsp3) is 0.630. The summed E-state index contributed by atoms with van der Waals surface area (Å²) in [5.74, 6) is 2.69. The Kier molecular flexibility index (Phi) is 5.02. The zero-order valence-electron chi connectivity index (χ0n) is 19.0. The highest BCUT2D eigenvalue weighted by molar-refractivity contribution is 5.91. The van der Waals surface area contributed by atoms with E-state index in [0.717, 1.165) is 32.1 Å². The molecule has 5 rings (SSSR count). The summed E-state index contributed by atoms with van der Waals surface area (Å²) in [4.78, 5) is 24.9. The van der Waals surface area contributed by atoms with E-state index in [-0.39, 0.29) is 22.9 Å². The van der Waals surface area contributed by atoms with E-state index in [1.807, 2.05) is 18.2 Å². The summed E-state index contributed by atoms with van der Waals surface area (Å²) in [5, 5.41) is 0. The van der Waals surface area contributed by atoms with Crippen molar-refractivity contribution in [3.63, 3.8) is 0 Å². The molecule has 4 aliphatic carbocycles. The molecule has 6 atom stereocenters. The molecule has 0 heterocycles. The van der Waals surface area contributed by atoms with Crippen LogP contribution in [0.1, 0.15) is 75.6 Å². The number of ether oxygens (including phenoxy) is 2. The second-order valence-corrected chi connectivity index (χ2v) is 10.7. The van der Waals surface area contributed by atoms with Crippen LogP contribution in [0.2, 0.25) is 0 Å². The predicted octanol–water partition coefficient (Wildman–Crippen LogP) is 5.75. The van der Waals surface area contributed by atoms with Gasteiger partial charge in [-0.2, -0.15) is 0 Å². The molecule has 166 valence electrons. The molecule has 0 bridgehead atoms. The van der Waals surface area contributed by atoms with Crippen LogP contribution in [0.4, 0.5) is 0 Å². The van der Waals surface area contributed by atoms with E-state index in [1.54, 1.807) is 19.2 Å². The van der Waals surface area contributed by atoms with Crippen molar-refractivity contribution in [2.45, 2.75) is 71.3 Å². The molecule has 1 aromatic carbocycles. The Labute approximate surface area is 185 Å². The normalized spacial score (nSPS) is 39.1. The molecule has 0 saturated heterocycles. The van der Waals surface area contributed by atoms with Crippen LogP contribution >= 0.6 is 0 Å². The number of allylic oxidation sites excluding steroid dienone is 1. The molecule has 0 aliphatic heterocycles. The van der Waals surface area contributed by atoms with Crippen LogP contribution in [-0.4, -0.2) is 25.0 Å².